The minimum Gasteiger partial charge on any atom is -0.469 e. The van der Waals surface area contributed by atoms with Crippen molar-refractivity contribution in [3.8, 4) is 0 Å². The number of benzene rings is 1. The number of hydrogen-bond acceptors (Lipinski definition) is 4. The number of rotatable bonds is 9. The van der Waals surface area contributed by atoms with Gasteiger partial charge in [-0.1, -0.05) is 18.2 Å². The topological polar surface area (TPSA) is 58.8 Å². The fraction of sp³-hybridized carbons (Fsp3) is 0.450. The summed E-state index contributed by atoms with van der Waals surface area (Å²) in [5, 5.41) is 6.85. The number of thioether (sulfide) groups is 1. The third kappa shape index (κ3) is 6.77. The fourth-order valence-corrected chi connectivity index (χ4v) is 3.53. The van der Waals surface area contributed by atoms with Crippen molar-refractivity contribution in [2.45, 2.75) is 17.7 Å². The summed E-state index contributed by atoms with van der Waals surface area (Å²) in [6.07, 6.45) is 3.66. The van der Waals surface area contributed by atoms with E-state index in [-0.39, 0.29) is 0 Å². The zero-order chi connectivity index (χ0) is 17.9. The Morgan fingerprint density at radius 1 is 1.12 bits per heavy atom. The lowest BCUT2D eigenvalue weighted by Gasteiger charge is -2.13. The minimum atomic E-state index is 0.539. The number of hydrogen-bond donors (Lipinski definition) is 2. The number of ether oxygens (including phenoxy) is 1. The Labute approximate surface area is 159 Å². The Morgan fingerprint density at radius 2 is 2.00 bits per heavy atom. The summed E-state index contributed by atoms with van der Waals surface area (Å²) in [5.41, 5.74) is 0. The molecule has 2 N–H and O–H groups in total. The molecule has 1 aromatic carbocycles. The largest absolute Gasteiger partial charge is 0.469 e. The van der Waals surface area contributed by atoms with Crippen LogP contribution in [0.4, 0.5) is 0 Å². The molecule has 6 heteroatoms. The number of nitrogens with one attached hydrogen (secondary N) is 2. The maximum atomic E-state index is 5.44. The van der Waals surface area contributed by atoms with Gasteiger partial charge in [0.25, 0.3) is 0 Å². The van der Waals surface area contributed by atoms with Crippen LogP contribution in [0.3, 0.4) is 0 Å². The molecule has 3 rings (SSSR count). The highest BCUT2D eigenvalue weighted by molar-refractivity contribution is 7.99. The van der Waals surface area contributed by atoms with Gasteiger partial charge in [0.15, 0.2) is 5.96 Å². The summed E-state index contributed by atoms with van der Waals surface area (Å²) in [6, 6.07) is 14.4. The Kier molecular flexibility index (Phi) is 7.93. The van der Waals surface area contributed by atoms with Crippen molar-refractivity contribution in [1.29, 1.82) is 0 Å². The van der Waals surface area contributed by atoms with Gasteiger partial charge >= 0.3 is 0 Å². The van der Waals surface area contributed by atoms with Crippen molar-refractivity contribution in [2.75, 3.05) is 38.6 Å². The number of guanidine groups is 1. The Hall–Kier alpha value is -1.92. The highest BCUT2D eigenvalue weighted by Gasteiger charge is 2.15. The smallest absolute Gasteiger partial charge is 0.191 e. The van der Waals surface area contributed by atoms with Crippen LogP contribution in [0.15, 0.2) is 63.0 Å². The van der Waals surface area contributed by atoms with Crippen molar-refractivity contribution < 1.29 is 9.15 Å². The van der Waals surface area contributed by atoms with Crippen LogP contribution < -0.4 is 10.6 Å². The van der Waals surface area contributed by atoms with Gasteiger partial charge in [0.2, 0.25) is 0 Å². The summed E-state index contributed by atoms with van der Waals surface area (Å²) < 4.78 is 10.8. The lowest BCUT2D eigenvalue weighted by molar-refractivity contribution is 0.187. The molecule has 2 heterocycles. The monoisotopic (exact) mass is 373 g/mol. The van der Waals surface area contributed by atoms with Crippen LogP contribution in [0.2, 0.25) is 0 Å². The van der Waals surface area contributed by atoms with Gasteiger partial charge in [0, 0.05) is 49.2 Å². The lowest BCUT2D eigenvalue weighted by atomic mass is 10.1. The summed E-state index contributed by atoms with van der Waals surface area (Å²) in [5.74, 6) is 3.39. The molecule has 0 spiro atoms. The molecule has 2 aromatic rings. The molecule has 1 aliphatic heterocycles. The van der Waals surface area contributed by atoms with Crippen molar-refractivity contribution in [3.05, 3.63) is 54.5 Å². The fourth-order valence-electron chi connectivity index (χ4n) is 2.74. The Morgan fingerprint density at radius 3 is 2.77 bits per heavy atom. The standard InChI is InChI=1S/C20H27N3O2S/c1-2-6-19(7-3-1)26-14-11-22-20(23-15-17-9-13-24-16-17)21-10-8-18-5-4-12-25-18/h1-7,12,17H,8-11,13-16H2,(H2,21,22,23). The molecule has 0 aliphatic carbocycles. The summed E-state index contributed by atoms with van der Waals surface area (Å²) in [4.78, 5) is 6.04. The van der Waals surface area contributed by atoms with Crippen LogP contribution in [0.5, 0.6) is 0 Å². The first-order valence-electron chi connectivity index (χ1n) is 9.20. The van der Waals surface area contributed by atoms with Crippen LogP contribution >= 0.6 is 11.8 Å². The molecular weight excluding hydrogens is 346 g/mol. The molecule has 26 heavy (non-hydrogen) atoms. The third-order valence-electron chi connectivity index (χ3n) is 4.18. The van der Waals surface area contributed by atoms with Crippen LogP contribution in [0.1, 0.15) is 12.2 Å². The Balaban J connectivity index is 1.42. The van der Waals surface area contributed by atoms with E-state index in [1.54, 1.807) is 6.26 Å². The molecule has 0 bridgehead atoms. The first-order chi connectivity index (χ1) is 12.9. The molecule has 0 radical (unpaired) electrons. The predicted octanol–water partition coefficient (Wildman–Crippen LogP) is 3.19. The second kappa shape index (κ2) is 10.9. The Bertz CT molecular complexity index is 640. The maximum absolute atomic E-state index is 5.44. The zero-order valence-electron chi connectivity index (χ0n) is 15.0. The average Bonchev–Trinajstić information content (AvgIpc) is 3.37. The molecule has 1 atom stereocenters. The van der Waals surface area contributed by atoms with Gasteiger partial charge < -0.3 is 19.8 Å². The molecule has 1 aromatic heterocycles. The van der Waals surface area contributed by atoms with E-state index >= 15 is 0 Å². The summed E-state index contributed by atoms with van der Waals surface area (Å²) in [6.45, 7) is 4.16. The van der Waals surface area contributed by atoms with Crippen LogP contribution in [-0.4, -0.2) is 44.6 Å². The third-order valence-corrected chi connectivity index (χ3v) is 5.20. The number of furan rings is 1. The van der Waals surface area contributed by atoms with Gasteiger partial charge in [-0.2, -0.15) is 0 Å². The molecule has 0 saturated carbocycles. The molecule has 5 nitrogen and oxygen atoms in total. The molecule has 1 aliphatic rings. The van der Waals surface area contributed by atoms with E-state index in [1.807, 2.05) is 30.0 Å². The van der Waals surface area contributed by atoms with Gasteiger partial charge in [0.1, 0.15) is 5.76 Å². The van der Waals surface area contributed by atoms with Crippen LogP contribution in [0.25, 0.3) is 0 Å². The molecule has 1 saturated heterocycles. The van der Waals surface area contributed by atoms with Crippen LogP contribution in [-0.2, 0) is 11.2 Å². The van der Waals surface area contributed by atoms with Gasteiger partial charge in [-0.25, -0.2) is 0 Å². The van der Waals surface area contributed by atoms with Crippen molar-refractivity contribution in [2.24, 2.45) is 10.9 Å². The highest BCUT2D eigenvalue weighted by atomic mass is 32.2. The van der Waals surface area contributed by atoms with Gasteiger partial charge in [-0.3, -0.25) is 4.99 Å². The summed E-state index contributed by atoms with van der Waals surface area (Å²) in [7, 11) is 0. The maximum Gasteiger partial charge on any atom is 0.191 e. The summed E-state index contributed by atoms with van der Waals surface area (Å²) >= 11 is 1.85. The van der Waals surface area contributed by atoms with E-state index in [9.17, 15) is 0 Å². The second-order valence-electron chi connectivity index (χ2n) is 6.26. The van der Waals surface area contributed by atoms with Crippen molar-refractivity contribution >= 4 is 17.7 Å². The molecule has 1 unspecified atom stereocenters. The normalized spacial score (nSPS) is 17.4. The highest BCUT2D eigenvalue weighted by Crippen LogP contribution is 2.15. The number of nitrogens with zero attached hydrogens (tertiary/aromatic N) is 1. The molecule has 0 amide bonds. The lowest BCUT2D eigenvalue weighted by Crippen LogP contribution is -2.40. The van der Waals surface area contributed by atoms with Gasteiger partial charge in [0.05, 0.1) is 12.9 Å². The van der Waals surface area contributed by atoms with E-state index in [0.29, 0.717) is 5.92 Å². The van der Waals surface area contributed by atoms with Crippen molar-refractivity contribution in [3.63, 3.8) is 0 Å². The van der Waals surface area contributed by atoms with E-state index in [2.05, 4.69) is 34.9 Å². The van der Waals surface area contributed by atoms with E-state index < -0.39 is 0 Å². The van der Waals surface area contributed by atoms with Gasteiger partial charge in [-0.05, 0) is 30.7 Å². The van der Waals surface area contributed by atoms with E-state index in [0.717, 1.165) is 63.2 Å². The van der Waals surface area contributed by atoms with E-state index in [4.69, 9.17) is 14.1 Å². The number of aliphatic imine (C=N–C) groups is 1. The van der Waals surface area contributed by atoms with Gasteiger partial charge in [-0.15, -0.1) is 11.8 Å². The average molecular weight is 374 g/mol. The molecule has 140 valence electrons. The SMILES string of the molecule is c1ccc(SCCNC(=NCC2CCOC2)NCCc2ccco2)cc1. The minimum absolute atomic E-state index is 0.539. The van der Waals surface area contributed by atoms with E-state index in [1.165, 1.54) is 4.90 Å². The molecular formula is C20H27N3O2S. The first-order valence-corrected chi connectivity index (χ1v) is 10.2. The first kappa shape index (κ1) is 18.9. The predicted molar refractivity (Wildman–Crippen MR) is 107 cm³/mol. The van der Waals surface area contributed by atoms with Crippen molar-refractivity contribution in [1.82, 2.24) is 10.6 Å². The quantitative estimate of drug-likeness (QED) is 0.306. The molecule has 1 fully saturated rings. The zero-order valence-corrected chi connectivity index (χ0v) is 15.8. The van der Waals surface area contributed by atoms with Crippen LogP contribution in [0, 0.1) is 5.92 Å². The second-order valence-corrected chi connectivity index (χ2v) is 7.43.